The number of benzene rings is 2. The molecule has 2 aromatic carbocycles. The number of carbonyl (C=O) groups excluding carboxylic acids is 2. The summed E-state index contributed by atoms with van der Waals surface area (Å²) in [5.74, 6) is -1.37. The van der Waals surface area contributed by atoms with Crippen molar-refractivity contribution in [1.29, 1.82) is 0 Å². The van der Waals surface area contributed by atoms with Crippen LogP contribution in [0, 0.1) is 0 Å². The number of anilines is 1. The Kier molecular flexibility index (Phi) is 5.52. The van der Waals surface area contributed by atoms with E-state index in [0.717, 1.165) is 0 Å². The molecule has 0 bridgehead atoms. The van der Waals surface area contributed by atoms with Crippen LogP contribution in [0.1, 0.15) is 30.3 Å². The van der Waals surface area contributed by atoms with Crippen molar-refractivity contribution < 1.29 is 24.5 Å². The molecule has 2 heterocycles. The molecule has 0 aliphatic carbocycles. The molecule has 0 saturated carbocycles. The highest BCUT2D eigenvalue weighted by Gasteiger charge is 2.48. The first kappa shape index (κ1) is 20.7. The molecule has 1 atom stereocenters. The number of thiophene rings is 1. The van der Waals surface area contributed by atoms with Crippen molar-refractivity contribution in [1.82, 2.24) is 0 Å². The van der Waals surface area contributed by atoms with E-state index < -0.39 is 17.7 Å². The zero-order chi connectivity index (χ0) is 22.1. The Labute approximate surface area is 183 Å². The number of aromatic hydroxyl groups is 1. The van der Waals surface area contributed by atoms with Crippen molar-refractivity contribution in [2.24, 2.45) is 0 Å². The second kappa shape index (κ2) is 8.28. The number of hydrogen-bond donors (Lipinski definition) is 2. The maximum atomic E-state index is 13.0. The van der Waals surface area contributed by atoms with Crippen LogP contribution in [0.15, 0.2) is 71.6 Å². The minimum Gasteiger partial charge on any atom is -0.507 e. The van der Waals surface area contributed by atoms with Gasteiger partial charge in [-0.3, -0.25) is 14.5 Å². The van der Waals surface area contributed by atoms with E-state index in [4.69, 9.17) is 4.74 Å². The number of aliphatic hydroxyl groups excluding tert-OH is 1. The first-order chi connectivity index (χ1) is 14.9. The van der Waals surface area contributed by atoms with Gasteiger partial charge in [0.2, 0.25) is 0 Å². The van der Waals surface area contributed by atoms with E-state index in [1.54, 1.807) is 48.5 Å². The lowest BCUT2D eigenvalue weighted by molar-refractivity contribution is -0.132. The van der Waals surface area contributed by atoms with Crippen LogP contribution in [0.3, 0.4) is 0 Å². The molecule has 2 N–H and O–H groups in total. The summed E-state index contributed by atoms with van der Waals surface area (Å²) in [5.41, 5.74) is 0.587. The predicted molar refractivity (Wildman–Crippen MR) is 119 cm³/mol. The highest BCUT2D eigenvalue weighted by atomic mass is 32.1. The van der Waals surface area contributed by atoms with E-state index in [1.165, 1.54) is 22.3 Å². The molecule has 1 aliphatic rings. The van der Waals surface area contributed by atoms with Gasteiger partial charge < -0.3 is 14.9 Å². The first-order valence-electron chi connectivity index (χ1n) is 9.78. The van der Waals surface area contributed by atoms with Crippen molar-refractivity contribution in [2.45, 2.75) is 26.0 Å². The number of Topliss-reactive ketones (excluding diaryl/α,β-unsaturated/α-hetero) is 1. The second-order valence-electron chi connectivity index (χ2n) is 7.36. The fraction of sp³-hybridized carbons (Fsp3) is 0.167. The third kappa shape index (κ3) is 3.80. The summed E-state index contributed by atoms with van der Waals surface area (Å²) in [4.78, 5) is 28.0. The second-order valence-corrected chi connectivity index (χ2v) is 8.34. The van der Waals surface area contributed by atoms with Gasteiger partial charge >= 0.3 is 0 Å². The van der Waals surface area contributed by atoms with E-state index in [-0.39, 0.29) is 28.9 Å². The Hall–Kier alpha value is -3.58. The zero-order valence-corrected chi connectivity index (χ0v) is 17.8. The number of rotatable bonds is 5. The Morgan fingerprint density at radius 2 is 1.74 bits per heavy atom. The molecule has 1 aromatic heterocycles. The number of phenolic OH excluding ortho intramolecular Hbond substituents is 1. The van der Waals surface area contributed by atoms with Crippen LogP contribution in [-0.2, 0) is 9.59 Å². The van der Waals surface area contributed by atoms with Crippen molar-refractivity contribution in [3.8, 4) is 11.5 Å². The smallest absolute Gasteiger partial charge is 0.300 e. The fourth-order valence-electron chi connectivity index (χ4n) is 3.58. The topological polar surface area (TPSA) is 87.1 Å². The van der Waals surface area contributed by atoms with E-state index >= 15 is 0 Å². The average Bonchev–Trinajstić information content (AvgIpc) is 3.36. The molecule has 31 heavy (non-hydrogen) atoms. The summed E-state index contributed by atoms with van der Waals surface area (Å²) in [7, 11) is 0. The lowest BCUT2D eigenvalue weighted by Crippen LogP contribution is -2.29. The van der Waals surface area contributed by atoms with Crippen LogP contribution in [0.4, 0.5) is 5.69 Å². The Balaban J connectivity index is 1.85. The molecule has 158 valence electrons. The Morgan fingerprint density at radius 1 is 1.03 bits per heavy atom. The van der Waals surface area contributed by atoms with Crippen LogP contribution >= 0.6 is 11.3 Å². The van der Waals surface area contributed by atoms with Crippen LogP contribution < -0.4 is 9.64 Å². The van der Waals surface area contributed by atoms with Crippen molar-refractivity contribution in [3.05, 3.63) is 82.1 Å². The molecular weight excluding hydrogens is 414 g/mol. The van der Waals surface area contributed by atoms with Crippen LogP contribution in [0.25, 0.3) is 5.76 Å². The highest BCUT2D eigenvalue weighted by Crippen LogP contribution is 2.45. The lowest BCUT2D eigenvalue weighted by Gasteiger charge is -2.24. The van der Waals surface area contributed by atoms with Gasteiger partial charge in [0, 0.05) is 10.4 Å². The number of nitrogens with zero attached hydrogens (tertiary/aromatic N) is 1. The normalized spacial score (nSPS) is 18.0. The molecule has 1 fully saturated rings. The maximum absolute atomic E-state index is 13.0. The zero-order valence-electron chi connectivity index (χ0n) is 17.0. The number of para-hydroxylation sites is 2. The number of carbonyl (C=O) groups is 2. The molecule has 1 unspecified atom stereocenters. The number of hydrogen-bond acceptors (Lipinski definition) is 6. The molecule has 1 amide bonds. The first-order valence-corrected chi connectivity index (χ1v) is 10.7. The van der Waals surface area contributed by atoms with Gasteiger partial charge in [0.05, 0.1) is 17.4 Å². The third-order valence-electron chi connectivity index (χ3n) is 4.90. The van der Waals surface area contributed by atoms with Crippen LogP contribution in [-0.4, -0.2) is 28.0 Å². The Morgan fingerprint density at radius 3 is 2.35 bits per heavy atom. The lowest BCUT2D eigenvalue weighted by atomic mass is 9.99. The average molecular weight is 436 g/mol. The summed E-state index contributed by atoms with van der Waals surface area (Å²) in [6.45, 7) is 3.82. The summed E-state index contributed by atoms with van der Waals surface area (Å²) in [5, 5.41) is 23.2. The van der Waals surface area contributed by atoms with Crippen molar-refractivity contribution in [2.75, 3.05) is 4.90 Å². The molecule has 1 aliphatic heterocycles. The van der Waals surface area contributed by atoms with Gasteiger partial charge in [-0.2, -0.15) is 0 Å². The number of aliphatic hydroxyl groups is 1. The van der Waals surface area contributed by atoms with Gasteiger partial charge in [-0.25, -0.2) is 0 Å². The number of ether oxygens (including phenoxy) is 1. The largest absolute Gasteiger partial charge is 0.507 e. The van der Waals surface area contributed by atoms with Gasteiger partial charge in [0.25, 0.3) is 11.7 Å². The number of phenols is 1. The molecule has 6 nitrogen and oxygen atoms in total. The van der Waals surface area contributed by atoms with E-state index in [9.17, 15) is 19.8 Å². The summed E-state index contributed by atoms with van der Waals surface area (Å²) in [6, 6.07) is 15.8. The Bertz CT molecular complexity index is 1150. The minimum absolute atomic E-state index is 0.00199. The maximum Gasteiger partial charge on any atom is 0.300 e. The van der Waals surface area contributed by atoms with E-state index in [1.807, 2.05) is 25.3 Å². The number of amides is 1. The van der Waals surface area contributed by atoms with Crippen LogP contribution in [0.5, 0.6) is 11.5 Å². The van der Waals surface area contributed by atoms with Gasteiger partial charge in [-0.15, -0.1) is 11.3 Å². The summed E-state index contributed by atoms with van der Waals surface area (Å²) < 4.78 is 5.63. The van der Waals surface area contributed by atoms with E-state index in [2.05, 4.69) is 0 Å². The molecule has 3 aromatic rings. The fourth-order valence-corrected chi connectivity index (χ4v) is 4.41. The molecule has 1 saturated heterocycles. The standard InChI is InChI=1S/C24H21NO5S/c1-14(2)30-16-11-9-15(10-12-16)22(27)20-21(19-8-5-13-31-19)25(24(29)23(20)28)17-6-3-4-7-18(17)26/h3-14,21,26-27H,1-2H3/b22-20-. The van der Waals surface area contributed by atoms with Gasteiger partial charge in [-0.05, 0) is 61.7 Å². The van der Waals surface area contributed by atoms with Crippen molar-refractivity contribution >= 4 is 34.5 Å². The monoisotopic (exact) mass is 435 g/mol. The molecule has 0 radical (unpaired) electrons. The van der Waals surface area contributed by atoms with Gasteiger partial charge in [-0.1, -0.05) is 18.2 Å². The molecule has 0 spiro atoms. The molecular formula is C24H21NO5S. The quantitative estimate of drug-likeness (QED) is 0.339. The van der Waals surface area contributed by atoms with Crippen molar-refractivity contribution in [3.63, 3.8) is 0 Å². The predicted octanol–water partition coefficient (Wildman–Crippen LogP) is 4.87. The van der Waals surface area contributed by atoms with Gasteiger partial charge in [0.1, 0.15) is 23.3 Å². The summed E-state index contributed by atoms with van der Waals surface area (Å²) >= 11 is 1.36. The highest BCUT2D eigenvalue weighted by molar-refractivity contribution is 7.10. The number of ketones is 1. The summed E-state index contributed by atoms with van der Waals surface area (Å²) in [6.07, 6.45) is 0.00199. The van der Waals surface area contributed by atoms with Gasteiger partial charge in [0.15, 0.2) is 0 Å². The van der Waals surface area contributed by atoms with E-state index in [0.29, 0.717) is 16.2 Å². The minimum atomic E-state index is -0.847. The molecule has 4 rings (SSSR count). The SMILES string of the molecule is CC(C)Oc1ccc(/C(O)=C2/C(=O)C(=O)N(c3ccccc3O)C2c2cccs2)cc1. The van der Waals surface area contributed by atoms with Crippen LogP contribution in [0.2, 0.25) is 0 Å². The molecule has 7 heteroatoms. The third-order valence-corrected chi connectivity index (χ3v) is 5.82.